The topological polar surface area (TPSA) is 83.7 Å². The lowest BCUT2D eigenvalue weighted by Crippen LogP contribution is -2.06. The molecule has 0 spiro atoms. The molecule has 0 radical (unpaired) electrons. The minimum Gasteiger partial charge on any atom is -0.492 e. The summed E-state index contributed by atoms with van der Waals surface area (Å²) < 4.78 is 16.4. The molecule has 1 aromatic rings. The molecule has 2 heterocycles. The largest absolute Gasteiger partial charge is 0.492 e. The quantitative estimate of drug-likeness (QED) is 0.603. The molecular weight excluding hydrogens is 312 g/mol. The number of methoxy groups -OCH3 is 1. The fraction of sp³-hybridized carbons (Fsp3) is 0.235. The van der Waals surface area contributed by atoms with Gasteiger partial charge in [0.05, 0.1) is 7.11 Å². The maximum atomic E-state index is 10.9. The van der Waals surface area contributed by atoms with Crippen LogP contribution in [0, 0.1) is 10.1 Å². The second kappa shape index (κ2) is 6.99. The molecule has 0 bridgehead atoms. The summed E-state index contributed by atoms with van der Waals surface area (Å²) in [6.07, 6.45) is 11.6. The Bertz CT molecular complexity index is 777. The van der Waals surface area contributed by atoms with E-state index in [0.717, 1.165) is 12.8 Å². The molecule has 0 aromatic carbocycles. The zero-order valence-corrected chi connectivity index (χ0v) is 13.1. The Kier molecular flexibility index (Phi) is 4.60. The average Bonchev–Trinajstić information content (AvgIpc) is 2.62. The maximum Gasteiger partial charge on any atom is 0.364 e. The summed E-state index contributed by atoms with van der Waals surface area (Å²) in [5.74, 6) is 0.979. The lowest BCUT2D eigenvalue weighted by molar-refractivity contribution is -0.389. The van der Waals surface area contributed by atoms with E-state index in [0.29, 0.717) is 17.9 Å². The van der Waals surface area contributed by atoms with E-state index < -0.39 is 4.92 Å². The molecule has 24 heavy (non-hydrogen) atoms. The van der Waals surface area contributed by atoms with Crippen LogP contribution in [0.5, 0.6) is 5.75 Å². The SMILES string of the molecule is COc1ccc([N+](=O)[O-])nc1C1=COC=C(CC2=CC=CCC2)O1. The zero-order valence-electron chi connectivity index (χ0n) is 13.1. The first kappa shape index (κ1) is 15.8. The summed E-state index contributed by atoms with van der Waals surface area (Å²) in [5, 5.41) is 10.9. The van der Waals surface area contributed by atoms with Crippen molar-refractivity contribution in [2.45, 2.75) is 19.3 Å². The van der Waals surface area contributed by atoms with Gasteiger partial charge in [-0.25, -0.2) is 0 Å². The number of nitrogens with zero attached hydrogens (tertiary/aromatic N) is 2. The summed E-state index contributed by atoms with van der Waals surface area (Å²) in [6.45, 7) is 0. The molecule has 0 saturated heterocycles. The van der Waals surface area contributed by atoms with Gasteiger partial charge in [-0.3, -0.25) is 0 Å². The summed E-state index contributed by atoms with van der Waals surface area (Å²) in [5.41, 5.74) is 1.46. The third-order valence-corrected chi connectivity index (χ3v) is 3.60. The molecule has 0 amide bonds. The number of hydrogen-bond donors (Lipinski definition) is 0. The first-order chi connectivity index (χ1) is 11.7. The van der Waals surface area contributed by atoms with Gasteiger partial charge in [-0.15, -0.1) is 0 Å². The number of allylic oxidation sites excluding steroid dienone is 4. The van der Waals surface area contributed by atoms with E-state index in [-0.39, 0.29) is 17.3 Å². The first-order valence-electron chi connectivity index (χ1n) is 7.44. The van der Waals surface area contributed by atoms with Gasteiger partial charge in [0, 0.05) is 12.5 Å². The highest BCUT2D eigenvalue weighted by Crippen LogP contribution is 2.33. The Morgan fingerprint density at radius 3 is 2.96 bits per heavy atom. The molecular formula is C17H16N2O5. The second-order valence-electron chi connectivity index (χ2n) is 5.25. The molecule has 7 heteroatoms. The Labute approximate surface area is 138 Å². The monoisotopic (exact) mass is 328 g/mol. The fourth-order valence-electron chi connectivity index (χ4n) is 2.45. The van der Waals surface area contributed by atoms with E-state index in [1.54, 1.807) is 0 Å². The molecule has 0 atom stereocenters. The van der Waals surface area contributed by atoms with Gasteiger partial charge < -0.3 is 24.3 Å². The normalized spacial score (nSPS) is 16.3. The van der Waals surface area contributed by atoms with Crippen molar-refractivity contribution in [2.24, 2.45) is 0 Å². The van der Waals surface area contributed by atoms with E-state index in [1.807, 2.05) is 6.08 Å². The average molecular weight is 328 g/mol. The molecule has 0 saturated carbocycles. The highest BCUT2D eigenvalue weighted by Gasteiger charge is 2.25. The number of ether oxygens (including phenoxy) is 3. The number of rotatable bonds is 5. The van der Waals surface area contributed by atoms with Crippen LogP contribution in [0.15, 0.2) is 54.2 Å². The third-order valence-electron chi connectivity index (χ3n) is 3.60. The van der Waals surface area contributed by atoms with Crippen LogP contribution in [0.25, 0.3) is 5.76 Å². The van der Waals surface area contributed by atoms with Crippen LogP contribution in [0.1, 0.15) is 25.0 Å². The third kappa shape index (κ3) is 3.45. The summed E-state index contributed by atoms with van der Waals surface area (Å²) in [4.78, 5) is 14.4. The zero-order chi connectivity index (χ0) is 16.9. The minimum absolute atomic E-state index is 0.231. The molecule has 0 unspecified atom stereocenters. The highest BCUT2D eigenvalue weighted by molar-refractivity contribution is 5.64. The predicted octanol–water partition coefficient (Wildman–Crippen LogP) is 3.85. The van der Waals surface area contributed by atoms with Crippen LogP contribution in [0.3, 0.4) is 0 Å². The lowest BCUT2D eigenvalue weighted by Gasteiger charge is -2.17. The van der Waals surface area contributed by atoms with Gasteiger partial charge in [0.15, 0.2) is 5.75 Å². The Balaban J connectivity index is 1.81. The van der Waals surface area contributed by atoms with Crippen molar-refractivity contribution in [3.05, 3.63) is 70.0 Å². The molecule has 3 rings (SSSR count). The van der Waals surface area contributed by atoms with Crippen molar-refractivity contribution in [3.8, 4) is 5.75 Å². The van der Waals surface area contributed by atoms with Gasteiger partial charge in [0.25, 0.3) is 5.69 Å². The molecule has 0 fully saturated rings. The van der Waals surface area contributed by atoms with E-state index in [4.69, 9.17) is 14.2 Å². The second-order valence-corrected chi connectivity index (χ2v) is 5.25. The number of nitro groups is 1. The summed E-state index contributed by atoms with van der Waals surface area (Å²) in [7, 11) is 1.46. The van der Waals surface area contributed by atoms with Gasteiger partial charge in [-0.2, -0.15) is 0 Å². The highest BCUT2D eigenvalue weighted by atomic mass is 16.6. The number of pyridine rings is 1. The van der Waals surface area contributed by atoms with Gasteiger partial charge in [0.2, 0.25) is 5.76 Å². The van der Waals surface area contributed by atoms with E-state index in [2.05, 4.69) is 17.1 Å². The molecule has 2 aliphatic rings. The molecule has 0 N–H and O–H groups in total. The first-order valence-corrected chi connectivity index (χ1v) is 7.44. The lowest BCUT2D eigenvalue weighted by atomic mass is 10.0. The van der Waals surface area contributed by atoms with Crippen LogP contribution in [-0.4, -0.2) is 17.0 Å². The van der Waals surface area contributed by atoms with Crippen LogP contribution in [-0.2, 0) is 9.47 Å². The van der Waals surface area contributed by atoms with E-state index in [9.17, 15) is 10.1 Å². The summed E-state index contributed by atoms with van der Waals surface area (Å²) >= 11 is 0. The van der Waals surface area contributed by atoms with Crippen molar-refractivity contribution in [2.75, 3.05) is 7.11 Å². The fourth-order valence-corrected chi connectivity index (χ4v) is 2.45. The standard InChI is InChI=1S/C17H16N2O5/c1-22-14-7-8-16(19(20)21)18-17(14)15-11-23-10-13(24-15)9-12-5-3-2-4-6-12/h2-3,5,7-8,10-11H,4,6,9H2,1H3. The Morgan fingerprint density at radius 1 is 1.38 bits per heavy atom. The van der Waals surface area contributed by atoms with Gasteiger partial charge in [-0.05, 0) is 28.8 Å². The Hall–Kier alpha value is -3.09. The van der Waals surface area contributed by atoms with Gasteiger partial charge in [-0.1, -0.05) is 23.8 Å². The van der Waals surface area contributed by atoms with Crippen LogP contribution in [0.2, 0.25) is 0 Å². The van der Waals surface area contributed by atoms with Crippen molar-refractivity contribution in [1.82, 2.24) is 4.98 Å². The Morgan fingerprint density at radius 2 is 2.25 bits per heavy atom. The molecule has 1 aromatic heterocycles. The smallest absolute Gasteiger partial charge is 0.364 e. The molecule has 7 nitrogen and oxygen atoms in total. The van der Waals surface area contributed by atoms with Crippen molar-refractivity contribution in [1.29, 1.82) is 0 Å². The minimum atomic E-state index is -0.566. The molecule has 124 valence electrons. The van der Waals surface area contributed by atoms with Crippen molar-refractivity contribution < 1.29 is 19.1 Å². The maximum absolute atomic E-state index is 10.9. The van der Waals surface area contributed by atoms with Crippen LogP contribution in [0.4, 0.5) is 5.82 Å². The number of hydrogen-bond acceptors (Lipinski definition) is 6. The van der Waals surface area contributed by atoms with Crippen LogP contribution < -0.4 is 4.74 Å². The van der Waals surface area contributed by atoms with E-state index >= 15 is 0 Å². The number of aromatic nitrogens is 1. The van der Waals surface area contributed by atoms with Gasteiger partial charge >= 0.3 is 5.82 Å². The van der Waals surface area contributed by atoms with Crippen molar-refractivity contribution in [3.63, 3.8) is 0 Å². The van der Waals surface area contributed by atoms with Crippen molar-refractivity contribution >= 4 is 11.6 Å². The molecule has 1 aliphatic carbocycles. The summed E-state index contributed by atoms with van der Waals surface area (Å²) in [6, 6.07) is 2.76. The van der Waals surface area contributed by atoms with Crippen LogP contribution >= 0.6 is 0 Å². The van der Waals surface area contributed by atoms with Gasteiger partial charge in [0.1, 0.15) is 18.3 Å². The van der Waals surface area contributed by atoms with E-state index in [1.165, 1.54) is 37.3 Å². The molecule has 1 aliphatic heterocycles. The predicted molar refractivity (Wildman–Crippen MR) is 86.7 cm³/mol.